The minimum atomic E-state index is -2.58. The van der Waals surface area contributed by atoms with Gasteiger partial charge in [-0.1, -0.05) is 67.7 Å². The summed E-state index contributed by atoms with van der Waals surface area (Å²) in [5.74, 6) is -0.453. The molecule has 34 heavy (non-hydrogen) atoms. The molecule has 1 aromatic rings. The third-order valence-corrected chi connectivity index (χ3v) is 21.2. The van der Waals surface area contributed by atoms with E-state index in [2.05, 4.69) is 72.7 Å². The Bertz CT molecular complexity index is 1020. The molecular weight excluding hydrogens is 466 g/mol. The summed E-state index contributed by atoms with van der Waals surface area (Å²) in [6, 6.07) is 0. The summed E-state index contributed by atoms with van der Waals surface area (Å²) in [4.78, 5) is 28.9. The second-order valence-corrected chi connectivity index (χ2v) is 24.5. The second kappa shape index (κ2) is 8.36. The molecule has 0 saturated carbocycles. The number of nitrogens with two attached hydrogens (primary N) is 1. The summed E-state index contributed by atoms with van der Waals surface area (Å²) in [6.07, 6.45) is 0.570. The predicted molar refractivity (Wildman–Crippen MR) is 141 cm³/mol. The average molecular weight is 512 g/mol. The zero-order valence-electron chi connectivity index (χ0n) is 23.0. The summed E-state index contributed by atoms with van der Waals surface area (Å²) in [5.41, 5.74) is 3.08. The van der Waals surface area contributed by atoms with Gasteiger partial charge in [-0.15, -0.1) is 0 Å². The van der Waals surface area contributed by atoms with Crippen LogP contribution >= 0.6 is 0 Å². The lowest BCUT2D eigenvalue weighted by Crippen LogP contribution is -2.69. The SMILES string of the molecule is CC(=O)c1cn([C@@]2(C)C[C@@](O)([Si](C)(C)C(C)(C)C)[C@@H](C(O)[Si](C)(C)C(C)(C)C)O2)c(=O)nc1N. The van der Waals surface area contributed by atoms with E-state index in [4.69, 9.17) is 10.5 Å². The topological polar surface area (TPSA) is 128 Å². The summed E-state index contributed by atoms with van der Waals surface area (Å²) in [7, 11) is -4.98. The number of Topliss-reactive ketones (excluding diaryl/α,β-unsaturated/α-hetero) is 1. The maximum Gasteiger partial charge on any atom is 0.351 e. The highest BCUT2D eigenvalue weighted by Crippen LogP contribution is 2.55. The number of aliphatic hydroxyl groups is 2. The van der Waals surface area contributed by atoms with Crippen molar-refractivity contribution in [2.75, 3.05) is 5.73 Å². The molecule has 1 fully saturated rings. The molecular formula is C24H45N3O5Si2. The van der Waals surface area contributed by atoms with Gasteiger partial charge in [0.1, 0.15) is 17.6 Å². The number of aliphatic hydroxyl groups excluding tert-OH is 1. The van der Waals surface area contributed by atoms with Crippen LogP contribution in [-0.4, -0.2) is 58.8 Å². The van der Waals surface area contributed by atoms with Gasteiger partial charge in [-0.3, -0.25) is 9.36 Å². The molecule has 0 bridgehead atoms. The summed E-state index contributed by atoms with van der Waals surface area (Å²) in [5, 5.41) is 22.6. The van der Waals surface area contributed by atoms with Crippen LogP contribution in [0.5, 0.6) is 0 Å². The maximum atomic E-state index is 13.0. The highest BCUT2D eigenvalue weighted by atomic mass is 28.3. The summed E-state index contributed by atoms with van der Waals surface area (Å²) in [6.45, 7) is 24.1. The molecule has 0 amide bonds. The first-order chi connectivity index (χ1) is 14.9. The van der Waals surface area contributed by atoms with Gasteiger partial charge >= 0.3 is 5.69 Å². The lowest BCUT2D eigenvalue weighted by atomic mass is 10.1. The first-order valence-corrected chi connectivity index (χ1v) is 18.0. The molecule has 4 atom stereocenters. The Morgan fingerprint density at radius 1 is 1.21 bits per heavy atom. The van der Waals surface area contributed by atoms with Crippen molar-refractivity contribution >= 4 is 27.7 Å². The fraction of sp³-hybridized carbons (Fsp3) is 0.792. The number of hydrogen-bond acceptors (Lipinski definition) is 7. The highest BCUT2D eigenvalue weighted by molar-refractivity contribution is 6.84. The summed E-state index contributed by atoms with van der Waals surface area (Å²) < 4.78 is 7.83. The molecule has 0 aromatic carbocycles. The van der Waals surface area contributed by atoms with Crippen LogP contribution in [0, 0.1) is 0 Å². The largest absolute Gasteiger partial charge is 0.394 e. The molecule has 1 unspecified atom stereocenters. The van der Waals surface area contributed by atoms with E-state index >= 15 is 0 Å². The standard InChI is InChI=1S/C24H45N3O5Si2/c1-15(28)16-13-27(20(30)26-18(16)25)23(8)14-24(31,34(11,12)22(5,6)7)17(32-23)19(29)33(9,10)21(2,3)4/h13,17,19,29,31H,14H2,1-12H3,(H2,25,26,30)/t17-,19?,23-,24-/m1/s1. The van der Waals surface area contributed by atoms with Crippen LogP contribution in [0.3, 0.4) is 0 Å². The molecule has 1 saturated heterocycles. The lowest BCUT2D eigenvalue weighted by Gasteiger charge is -2.52. The van der Waals surface area contributed by atoms with E-state index in [0.29, 0.717) is 0 Å². The van der Waals surface area contributed by atoms with Crippen molar-refractivity contribution in [1.29, 1.82) is 0 Å². The molecule has 2 rings (SSSR count). The van der Waals surface area contributed by atoms with Crippen molar-refractivity contribution in [3.8, 4) is 0 Å². The Hall–Kier alpha value is -1.34. The maximum absolute atomic E-state index is 13.0. The molecule has 194 valence electrons. The number of nitrogen functional groups attached to an aromatic ring is 1. The van der Waals surface area contributed by atoms with Gasteiger partial charge in [0.25, 0.3) is 0 Å². The van der Waals surface area contributed by atoms with Crippen LogP contribution in [0.15, 0.2) is 11.0 Å². The molecule has 0 radical (unpaired) electrons. The molecule has 4 N–H and O–H groups in total. The first-order valence-electron chi connectivity index (χ1n) is 11.9. The number of nitrogens with zero attached hydrogens (tertiary/aromatic N) is 2. The van der Waals surface area contributed by atoms with E-state index in [1.807, 2.05) is 0 Å². The van der Waals surface area contributed by atoms with Crippen LogP contribution in [0.4, 0.5) is 5.82 Å². The molecule has 1 aliphatic heterocycles. The first kappa shape index (κ1) is 28.9. The zero-order chi connectivity index (χ0) is 26.9. The normalized spacial score (nSPS) is 27.6. The van der Waals surface area contributed by atoms with Crippen LogP contribution in [0.25, 0.3) is 0 Å². The van der Waals surface area contributed by atoms with E-state index in [0.717, 1.165) is 0 Å². The van der Waals surface area contributed by atoms with E-state index in [9.17, 15) is 19.8 Å². The van der Waals surface area contributed by atoms with Gasteiger partial charge in [0.2, 0.25) is 0 Å². The fourth-order valence-electron chi connectivity index (χ4n) is 4.61. The number of ketones is 1. The molecule has 0 aliphatic carbocycles. The number of anilines is 1. The highest BCUT2D eigenvalue weighted by Gasteiger charge is 2.68. The molecule has 1 aliphatic rings. The van der Waals surface area contributed by atoms with Gasteiger partial charge in [-0.2, -0.15) is 4.98 Å². The molecule has 2 heterocycles. The molecule has 1 aromatic heterocycles. The number of carbonyl (C=O) groups is 1. The lowest BCUT2D eigenvalue weighted by molar-refractivity contribution is -0.124. The van der Waals surface area contributed by atoms with E-state index in [1.165, 1.54) is 17.7 Å². The number of carbonyl (C=O) groups excluding carboxylic acids is 1. The van der Waals surface area contributed by atoms with Crippen LogP contribution in [0.1, 0.15) is 72.2 Å². The Kier molecular flexibility index (Phi) is 7.11. The zero-order valence-corrected chi connectivity index (χ0v) is 25.0. The Morgan fingerprint density at radius 3 is 2.12 bits per heavy atom. The van der Waals surface area contributed by atoms with Crippen molar-refractivity contribution in [2.45, 2.75) is 121 Å². The number of rotatable bonds is 5. The average Bonchev–Trinajstić information content (AvgIpc) is 2.91. The van der Waals surface area contributed by atoms with Gasteiger partial charge in [-0.05, 0) is 23.9 Å². The smallest absolute Gasteiger partial charge is 0.351 e. The summed E-state index contributed by atoms with van der Waals surface area (Å²) >= 11 is 0. The minimum Gasteiger partial charge on any atom is -0.394 e. The van der Waals surface area contributed by atoms with Gasteiger partial charge in [0, 0.05) is 12.6 Å². The fourth-order valence-corrected chi connectivity index (χ4v) is 9.76. The monoisotopic (exact) mass is 511 g/mol. The van der Waals surface area contributed by atoms with Crippen molar-refractivity contribution in [3.05, 3.63) is 22.2 Å². The number of aromatic nitrogens is 2. The quantitative estimate of drug-likeness (QED) is 0.406. The molecule has 8 nitrogen and oxygen atoms in total. The second-order valence-electron chi connectivity index (χ2n) is 13.4. The minimum absolute atomic E-state index is 0.0929. The predicted octanol–water partition coefficient (Wildman–Crippen LogP) is 3.68. The number of ether oxygens (including phenoxy) is 1. The van der Waals surface area contributed by atoms with Gasteiger partial charge in [0.05, 0.1) is 32.7 Å². The van der Waals surface area contributed by atoms with E-state index < -0.39 is 44.6 Å². The van der Waals surface area contributed by atoms with Crippen LogP contribution in [-0.2, 0) is 10.5 Å². The van der Waals surface area contributed by atoms with Crippen molar-refractivity contribution in [1.82, 2.24) is 9.55 Å². The Morgan fingerprint density at radius 2 is 1.71 bits per heavy atom. The van der Waals surface area contributed by atoms with Gasteiger partial charge in [-0.25, -0.2) is 4.79 Å². The molecule has 10 heteroatoms. The van der Waals surface area contributed by atoms with E-state index in [-0.39, 0.29) is 33.7 Å². The number of hydrogen-bond donors (Lipinski definition) is 3. The van der Waals surface area contributed by atoms with E-state index in [1.54, 1.807) is 6.92 Å². The molecule has 0 spiro atoms. The van der Waals surface area contributed by atoms with Crippen molar-refractivity contribution in [3.63, 3.8) is 0 Å². The van der Waals surface area contributed by atoms with Crippen molar-refractivity contribution < 1.29 is 19.7 Å². The Labute approximate surface area is 206 Å². The van der Waals surface area contributed by atoms with Crippen LogP contribution in [0.2, 0.25) is 36.3 Å². The van der Waals surface area contributed by atoms with Crippen molar-refractivity contribution in [2.24, 2.45) is 0 Å². The third kappa shape index (κ3) is 4.36. The Balaban J connectivity index is 2.80. The third-order valence-electron chi connectivity index (χ3n) is 9.21. The van der Waals surface area contributed by atoms with Gasteiger partial charge < -0.3 is 20.7 Å². The van der Waals surface area contributed by atoms with Crippen LogP contribution < -0.4 is 11.4 Å². The van der Waals surface area contributed by atoms with Gasteiger partial charge in [0.15, 0.2) is 5.78 Å².